The standard InChI is InChI=1S/C15H14N2OS2/c1-9-5-10(2)14-12(6-9)20-15(17-14)16-13(18)7-11-3-4-19-8-11/h3-6,8H,7H2,1-2H3,(H,16,17,18). The quantitative estimate of drug-likeness (QED) is 0.789. The zero-order valence-corrected chi connectivity index (χ0v) is 12.9. The van der Waals surface area contributed by atoms with Crippen molar-refractivity contribution < 1.29 is 4.79 Å². The molecule has 1 aromatic carbocycles. The van der Waals surface area contributed by atoms with E-state index in [1.807, 2.05) is 23.8 Å². The van der Waals surface area contributed by atoms with Crippen molar-refractivity contribution in [3.8, 4) is 0 Å². The van der Waals surface area contributed by atoms with E-state index in [4.69, 9.17) is 0 Å². The number of anilines is 1. The van der Waals surface area contributed by atoms with Crippen LogP contribution in [0.4, 0.5) is 5.13 Å². The van der Waals surface area contributed by atoms with Crippen molar-refractivity contribution in [3.63, 3.8) is 0 Å². The molecule has 2 aromatic heterocycles. The van der Waals surface area contributed by atoms with Crippen molar-refractivity contribution in [2.45, 2.75) is 20.3 Å². The molecule has 20 heavy (non-hydrogen) atoms. The fourth-order valence-electron chi connectivity index (χ4n) is 2.17. The Kier molecular flexibility index (Phi) is 3.54. The monoisotopic (exact) mass is 302 g/mol. The lowest BCUT2D eigenvalue weighted by Gasteiger charge is -1.99. The normalized spacial score (nSPS) is 10.9. The molecule has 0 radical (unpaired) electrons. The zero-order valence-electron chi connectivity index (χ0n) is 11.3. The van der Waals surface area contributed by atoms with Gasteiger partial charge < -0.3 is 5.32 Å². The van der Waals surface area contributed by atoms with Gasteiger partial charge in [0.15, 0.2) is 5.13 Å². The molecule has 0 spiro atoms. The van der Waals surface area contributed by atoms with Crippen LogP contribution in [0.3, 0.4) is 0 Å². The van der Waals surface area contributed by atoms with Crippen molar-refractivity contribution in [2.24, 2.45) is 0 Å². The SMILES string of the molecule is Cc1cc(C)c2nc(NC(=O)Cc3ccsc3)sc2c1. The summed E-state index contributed by atoms with van der Waals surface area (Å²) < 4.78 is 1.12. The first-order valence-corrected chi connectivity index (χ1v) is 8.06. The lowest BCUT2D eigenvalue weighted by atomic mass is 10.1. The third-order valence-corrected chi connectivity index (χ3v) is 4.67. The molecule has 1 amide bonds. The van der Waals surface area contributed by atoms with Gasteiger partial charge in [-0.1, -0.05) is 17.4 Å². The molecule has 0 aliphatic heterocycles. The molecule has 1 N–H and O–H groups in total. The Morgan fingerprint density at radius 1 is 1.35 bits per heavy atom. The topological polar surface area (TPSA) is 42.0 Å². The van der Waals surface area contributed by atoms with Gasteiger partial charge in [-0.15, -0.1) is 0 Å². The van der Waals surface area contributed by atoms with Gasteiger partial charge in [-0.05, 0) is 53.4 Å². The second kappa shape index (κ2) is 5.34. The molecule has 0 unspecified atom stereocenters. The first-order valence-electron chi connectivity index (χ1n) is 6.30. The molecule has 0 saturated carbocycles. The molecule has 3 rings (SSSR count). The predicted molar refractivity (Wildman–Crippen MR) is 85.7 cm³/mol. The summed E-state index contributed by atoms with van der Waals surface area (Å²) in [6, 6.07) is 6.18. The van der Waals surface area contributed by atoms with Gasteiger partial charge in [-0.2, -0.15) is 11.3 Å². The minimum absolute atomic E-state index is 0.0168. The highest BCUT2D eigenvalue weighted by Crippen LogP contribution is 2.29. The average molecular weight is 302 g/mol. The lowest BCUT2D eigenvalue weighted by Crippen LogP contribution is -2.13. The molecular weight excluding hydrogens is 288 g/mol. The minimum Gasteiger partial charge on any atom is -0.302 e. The van der Waals surface area contributed by atoms with E-state index in [0.717, 1.165) is 21.3 Å². The van der Waals surface area contributed by atoms with E-state index in [0.29, 0.717) is 11.6 Å². The Morgan fingerprint density at radius 2 is 2.20 bits per heavy atom. The Balaban J connectivity index is 1.81. The van der Waals surface area contributed by atoms with Crippen LogP contribution >= 0.6 is 22.7 Å². The van der Waals surface area contributed by atoms with Crippen molar-refractivity contribution in [2.75, 3.05) is 5.32 Å². The van der Waals surface area contributed by atoms with Crippen LogP contribution in [0, 0.1) is 13.8 Å². The number of fused-ring (bicyclic) bond motifs is 1. The van der Waals surface area contributed by atoms with Gasteiger partial charge >= 0.3 is 0 Å². The number of thiazole rings is 1. The van der Waals surface area contributed by atoms with Gasteiger partial charge in [0.2, 0.25) is 5.91 Å². The first kappa shape index (κ1) is 13.3. The molecule has 2 heterocycles. The highest BCUT2D eigenvalue weighted by atomic mass is 32.1. The molecule has 0 saturated heterocycles. The number of hydrogen-bond donors (Lipinski definition) is 1. The number of amides is 1. The lowest BCUT2D eigenvalue weighted by molar-refractivity contribution is -0.115. The van der Waals surface area contributed by atoms with Gasteiger partial charge in [0.25, 0.3) is 0 Å². The summed E-state index contributed by atoms with van der Waals surface area (Å²) in [7, 11) is 0. The summed E-state index contributed by atoms with van der Waals surface area (Å²) in [4.78, 5) is 16.5. The Morgan fingerprint density at radius 3 is 2.95 bits per heavy atom. The number of thiophene rings is 1. The summed E-state index contributed by atoms with van der Waals surface area (Å²) in [5, 5.41) is 7.53. The van der Waals surface area contributed by atoms with Crippen LogP contribution in [-0.4, -0.2) is 10.9 Å². The zero-order chi connectivity index (χ0) is 14.1. The highest BCUT2D eigenvalue weighted by molar-refractivity contribution is 7.22. The molecule has 3 aromatic rings. The number of aromatic nitrogens is 1. The molecule has 0 aliphatic carbocycles. The predicted octanol–water partition coefficient (Wildman–Crippen LogP) is 4.16. The van der Waals surface area contributed by atoms with Crippen molar-refractivity contribution in [1.29, 1.82) is 0 Å². The second-order valence-corrected chi connectivity index (χ2v) is 6.61. The Bertz CT molecular complexity index is 760. The third-order valence-electron chi connectivity index (χ3n) is 3.02. The van der Waals surface area contributed by atoms with Crippen LogP contribution in [0.2, 0.25) is 0 Å². The van der Waals surface area contributed by atoms with Gasteiger partial charge in [0.05, 0.1) is 16.6 Å². The van der Waals surface area contributed by atoms with Crippen LogP contribution in [0.5, 0.6) is 0 Å². The maximum absolute atomic E-state index is 12.0. The summed E-state index contributed by atoms with van der Waals surface area (Å²) in [5.41, 5.74) is 4.39. The van der Waals surface area contributed by atoms with Crippen LogP contribution < -0.4 is 5.32 Å². The van der Waals surface area contributed by atoms with E-state index in [1.165, 1.54) is 16.9 Å². The van der Waals surface area contributed by atoms with E-state index in [-0.39, 0.29) is 5.91 Å². The second-order valence-electron chi connectivity index (χ2n) is 4.80. The van der Waals surface area contributed by atoms with E-state index < -0.39 is 0 Å². The Hall–Kier alpha value is -1.72. The number of rotatable bonds is 3. The number of nitrogens with one attached hydrogen (secondary N) is 1. The van der Waals surface area contributed by atoms with Crippen molar-refractivity contribution in [3.05, 3.63) is 45.6 Å². The maximum atomic E-state index is 12.0. The minimum atomic E-state index is -0.0168. The van der Waals surface area contributed by atoms with Crippen molar-refractivity contribution in [1.82, 2.24) is 4.98 Å². The summed E-state index contributed by atoms with van der Waals surface area (Å²) in [6.45, 7) is 4.12. The molecule has 3 nitrogen and oxygen atoms in total. The highest BCUT2D eigenvalue weighted by Gasteiger charge is 2.10. The van der Waals surface area contributed by atoms with Crippen LogP contribution in [0.15, 0.2) is 29.0 Å². The molecular formula is C15H14N2OS2. The molecule has 0 bridgehead atoms. The van der Waals surface area contributed by atoms with Crippen molar-refractivity contribution >= 4 is 43.9 Å². The molecule has 5 heteroatoms. The molecule has 102 valence electrons. The van der Waals surface area contributed by atoms with Crippen LogP contribution in [0.1, 0.15) is 16.7 Å². The summed E-state index contributed by atoms with van der Waals surface area (Å²) in [6.07, 6.45) is 0.400. The first-order chi connectivity index (χ1) is 9.61. The molecule has 0 fully saturated rings. The summed E-state index contributed by atoms with van der Waals surface area (Å²) >= 11 is 3.13. The van der Waals surface area contributed by atoms with E-state index in [1.54, 1.807) is 11.3 Å². The van der Waals surface area contributed by atoms with E-state index in [2.05, 4.69) is 29.4 Å². The largest absolute Gasteiger partial charge is 0.302 e. The fraction of sp³-hybridized carbons (Fsp3) is 0.200. The smallest absolute Gasteiger partial charge is 0.230 e. The summed E-state index contributed by atoms with van der Waals surface area (Å²) in [5.74, 6) is -0.0168. The molecule has 0 aliphatic rings. The number of hydrogen-bond acceptors (Lipinski definition) is 4. The number of carbonyl (C=O) groups is 1. The van der Waals surface area contributed by atoms with Gasteiger partial charge in [0.1, 0.15) is 0 Å². The fourth-order valence-corrected chi connectivity index (χ4v) is 3.89. The van der Waals surface area contributed by atoms with E-state index >= 15 is 0 Å². The molecule has 0 atom stereocenters. The van der Waals surface area contributed by atoms with E-state index in [9.17, 15) is 4.79 Å². The number of aryl methyl sites for hydroxylation is 2. The third kappa shape index (κ3) is 2.73. The van der Waals surface area contributed by atoms with Crippen LogP contribution in [-0.2, 0) is 11.2 Å². The maximum Gasteiger partial charge on any atom is 0.230 e. The average Bonchev–Trinajstić information content (AvgIpc) is 2.98. The van der Waals surface area contributed by atoms with Gasteiger partial charge in [-0.3, -0.25) is 4.79 Å². The number of carbonyl (C=O) groups excluding carboxylic acids is 1. The van der Waals surface area contributed by atoms with Crippen LogP contribution in [0.25, 0.3) is 10.2 Å². The van der Waals surface area contributed by atoms with Gasteiger partial charge in [-0.25, -0.2) is 4.98 Å². The number of nitrogens with zero attached hydrogens (tertiary/aromatic N) is 1. The number of benzene rings is 1. The van der Waals surface area contributed by atoms with Gasteiger partial charge in [0, 0.05) is 0 Å². The Labute approximate surface area is 125 Å².